The van der Waals surface area contributed by atoms with Gasteiger partial charge in [0.25, 0.3) is 0 Å². The summed E-state index contributed by atoms with van der Waals surface area (Å²) in [5, 5.41) is 0. The number of rotatable bonds is 7. The van der Waals surface area contributed by atoms with Crippen molar-refractivity contribution in [3.05, 3.63) is 0 Å². The van der Waals surface area contributed by atoms with Crippen LogP contribution in [0.15, 0.2) is 0 Å². The van der Waals surface area contributed by atoms with E-state index in [-0.39, 0.29) is 19.5 Å². The average molecular weight is 256 g/mol. The van der Waals surface area contributed by atoms with Gasteiger partial charge in [0.05, 0.1) is 12.5 Å². The Morgan fingerprint density at radius 3 is 2.41 bits per heavy atom. The van der Waals surface area contributed by atoms with Crippen molar-refractivity contribution in [1.29, 1.82) is 0 Å². The van der Waals surface area contributed by atoms with E-state index in [4.69, 9.17) is 10.5 Å². The molecule has 0 saturated heterocycles. The van der Waals surface area contributed by atoms with Gasteiger partial charge in [-0.15, -0.1) is 0 Å². The second-order valence-electron chi connectivity index (χ2n) is 3.73. The number of hydrogen-bond acceptors (Lipinski definition) is 3. The van der Waals surface area contributed by atoms with E-state index in [2.05, 4.69) is 0 Å². The molecule has 0 aromatic heterocycles. The second-order valence-corrected chi connectivity index (χ2v) is 3.73. The lowest BCUT2D eigenvalue weighted by atomic mass is 10.2. The second kappa shape index (κ2) is 7.50. The minimum absolute atomic E-state index is 0.0827. The van der Waals surface area contributed by atoms with Crippen LogP contribution in [0.1, 0.15) is 19.8 Å². The fourth-order valence-electron chi connectivity index (χ4n) is 1.37. The lowest BCUT2D eigenvalue weighted by Crippen LogP contribution is -2.41. The molecule has 102 valence electrons. The fourth-order valence-corrected chi connectivity index (χ4v) is 1.37. The summed E-state index contributed by atoms with van der Waals surface area (Å²) >= 11 is 0. The highest BCUT2D eigenvalue weighted by atomic mass is 19.4. The number of alkyl halides is 3. The molecule has 7 heteroatoms. The molecule has 0 saturated carbocycles. The molecule has 0 fully saturated rings. The third kappa shape index (κ3) is 7.17. The predicted octanol–water partition coefficient (Wildman–Crippen LogP) is 1.15. The normalized spacial score (nSPS) is 13.5. The fraction of sp³-hybridized carbons (Fsp3) is 0.900. The van der Waals surface area contributed by atoms with Crippen molar-refractivity contribution in [3.63, 3.8) is 0 Å². The van der Waals surface area contributed by atoms with Crippen LogP contribution in [-0.4, -0.2) is 49.8 Å². The van der Waals surface area contributed by atoms with Crippen LogP contribution >= 0.6 is 0 Å². The van der Waals surface area contributed by atoms with Crippen molar-refractivity contribution in [2.75, 3.05) is 26.7 Å². The quantitative estimate of drug-likeness (QED) is 0.743. The Kier molecular flexibility index (Phi) is 7.13. The number of nitrogens with two attached hydrogens (primary N) is 1. The first-order chi connectivity index (χ1) is 7.84. The minimum Gasteiger partial charge on any atom is -0.380 e. The first-order valence-corrected chi connectivity index (χ1v) is 5.41. The Balaban J connectivity index is 4.43. The molecule has 0 aromatic rings. The number of amides is 1. The number of ether oxygens (including phenoxy) is 1. The molecule has 0 aromatic carbocycles. The first kappa shape index (κ1) is 16.2. The standard InChI is InChI=1S/C10H19F3N2O2/c1-3-4-15(7-10(11,12)13)9(16)5-8(6-14)17-2/h8H,3-7,14H2,1-2H3. The lowest BCUT2D eigenvalue weighted by Gasteiger charge is -2.25. The van der Waals surface area contributed by atoms with E-state index in [1.54, 1.807) is 6.92 Å². The highest BCUT2D eigenvalue weighted by Gasteiger charge is 2.33. The minimum atomic E-state index is -4.38. The van der Waals surface area contributed by atoms with Gasteiger partial charge in [-0.3, -0.25) is 4.79 Å². The predicted molar refractivity (Wildman–Crippen MR) is 57.4 cm³/mol. The van der Waals surface area contributed by atoms with Crippen molar-refractivity contribution in [2.45, 2.75) is 32.0 Å². The van der Waals surface area contributed by atoms with E-state index in [0.29, 0.717) is 6.42 Å². The highest BCUT2D eigenvalue weighted by Crippen LogP contribution is 2.17. The van der Waals surface area contributed by atoms with Gasteiger partial charge in [-0.2, -0.15) is 13.2 Å². The molecule has 4 nitrogen and oxygen atoms in total. The SMILES string of the molecule is CCCN(CC(F)(F)F)C(=O)CC(CN)OC. The van der Waals surface area contributed by atoms with Crippen LogP contribution in [0.4, 0.5) is 13.2 Å². The van der Waals surface area contributed by atoms with Gasteiger partial charge in [-0.1, -0.05) is 6.92 Å². The van der Waals surface area contributed by atoms with Crippen LogP contribution in [0.3, 0.4) is 0 Å². The van der Waals surface area contributed by atoms with Crippen LogP contribution in [0.2, 0.25) is 0 Å². The van der Waals surface area contributed by atoms with Crippen molar-refractivity contribution < 1.29 is 22.7 Å². The van der Waals surface area contributed by atoms with Gasteiger partial charge < -0.3 is 15.4 Å². The van der Waals surface area contributed by atoms with Crippen molar-refractivity contribution in [3.8, 4) is 0 Å². The summed E-state index contributed by atoms with van der Waals surface area (Å²) in [6.45, 7) is 0.682. The molecule has 0 aliphatic rings. The molecular formula is C10H19F3N2O2. The average Bonchev–Trinajstić information content (AvgIpc) is 2.23. The Hall–Kier alpha value is -0.820. The zero-order chi connectivity index (χ0) is 13.5. The molecular weight excluding hydrogens is 237 g/mol. The Bertz CT molecular complexity index is 230. The monoisotopic (exact) mass is 256 g/mol. The molecule has 0 heterocycles. The molecule has 0 bridgehead atoms. The van der Waals surface area contributed by atoms with E-state index in [9.17, 15) is 18.0 Å². The Labute approximate surface area is 98.9 Å². The number of hydrogen-bond donors (Lipinski definition) is 1. The van der Waals surface area contributed by atoms with E-state index >= 15 is 0 Å². The third-order valence-electron chi connectivity index (χ3n) is 2.21. The molecule has 1 unspecified atom stereocenters. The summed E-state index contributed by atoms with van der Waals surface area (Å²) in [4.78, 5) is 12.4. The summed E-state index contributed by atoms with van der Waals surface area (Å²) in [5.74, 6) is -0.582. The van der Waals surface area contributed by atoms with Crippen molar-refractivity contribution in [1.82, 2.24) is 4.90 Å². The summed E-state index contributed by atoms with van der Waals surface area (Å²) < 4.78 is 41.6. The molecule has 0 aliphatic carbocycles. The van der Waals surface area contributed by atoms with Crippen molar-refractivity contribution >= 4 is 5.91 Å². The Morgan fingerprint density at radius 1 is 1.47 bits per heavy atom. The molecule has 0 radical (unpaired) electrons. The van der Waals surface area contributed by atoms with E-state index in [0.717, 1.165) is 4.90 Å². The number of carbonyl (C=O) groups is 1. The smallest absolute Gasteiger partial charge is 0.380 e. The molecule has 0 rings (SSSR count). The van der Waals surface area contributed by atoms with Gasteiger partial charge in [0, 0.05) is 20.2 Å². The number of methoxy groups -OCH3 is 1. The first-order valence-electron chi connectivity index (χ1n) is 5.41. The number of nitrogens with zero attached hydrogens (tertiary/aromatic N) is 1. The van der Waals surface area contributed by atoms with Crippen LogP contribution in [0.25, 0.3) is 0 Å². The Morgan fingerprint density at radius 2 is 2.06 bits per heavy atom. The van der Waals surface area contributed by atoms with Gasteiger partial charge >= 0.3 is 6.18 Å². The maximum absolute atomic E-state index is 12.2. The number of halogens is 3. The summed E-state index contributed by atoms with van der Waals surface area (Å²) in [7, 11) is 1.37. The van der Waals surface area contributed by atoms with Crippen molar-refractivity contribution in [2.24, 2.45) is 5.73 Å². The van der Waals surface area contributed by atoms with Gasteiger partial charge in [0.2, 0.25) is 5.91 Å². The molecule has 0 spiro atoms. The van der Waals surface area contributed by atoms with Gasteiger partial charge in [-0.25, -0.2) is 0 Å². The summed E-state index contributed by atoms with van der Waals surface area (Å²) in [6.07, 6.45) is -4.56. The van der Waals surface area contributed by atoms with Crippen LogP contribution in [0, 0.1) is 0 Å². The topological polar surface area (TPSA) is 55.6 Å². The maximum Gasteiger partial charge on any atom is 0.406 e. The summed E-state index contributed by atoms with van der Waals surface area (Å²) in [6, 6.07) is 0. The molecule has 0 aliphatic heterocycles. The van der Waals surface area contributed by atoms with E-state index < -0.39 is 24.7 Å². The maximum atomic E-state index is 12.2. The van der Waals surface area contributed by atoms with Gasteiger partial charge in [0.15, 0.2) is 0 Å². The molecule has 1 atom stereocenters. The van der Waals surface area contributed by atoms with Crippen LogP contribution in [0.5, 0.6) is 0 Å². The van der Waals surface area contributed by atoms with Gasteiger partial charge in [-0.05, 0) is 6.42 Å². The van der Waals surface area contributed by atoms with Crippen LogP contribution < -0.4 is 5.73 Å². The number of carbonyl (C=O) groups excluding carboxylic acids is 1. The lowest BCUT2D eigenvalue weighted by molar-refractivity contribution is -0.162. The molecule has 17 heavy (non-hydrogen) atoms. The summed E-state index contributed by atoms with van der Waals surface area (Å²) in [5.41, 5.74) is 5.31. The zero-order valence-corrected chi connectivity index (χ0v) is 10.1. The van der Waals surface area contributed by atoms with Gasteiger partial charge in [0.1, 0.15) is 6.54 Å². The van der Waals surface area contributed by atoms with Crippen LogP contribution in [-0.2, 0) is 9.53 Å². The third-order valence-corrected chi connectivity index (χ3v) is 2.21. The van der Waals surface area contributed by atoms with E-state index in [1.165, 1.54) is 7.11 Å². The zero-order valence-electron chi connectivity index (χ0n) is 10.1. The largest absolute Gasteiger partial charge is 0.406 e. The molecule has 2 N–H and O–H groups in total. The highest BCUT2D eigenvalue weighted by molar-refractivity contribution is 5.76. The molecule has 1 amide bonds. The van der Waals surface area contributed by atoms with E-state index in [1.807, 2.05) is 0 Å².